The minimum Gasteiger partial charge on any atom is -0.439 e. The molecule has 0 atom stereocenters. The minimum atomic E-state index is 0.191. The highest BCUT2D eigenvalue weighted by Crippen LogP contribution is 2.34. The van der Waals surface area contributed by atoms with E-state index in [1.165, 1.54) is 5.56 Å². The number of pyridine rings is 1. The molecule has 1 aliphatic rings. The van der Waals surface area contributed by atoms with Gasteiger partial charge < -0.3 is 4.74 Å². The van der Waals surface area contributed by atoms with Crippen LogP contribution in [0.15, 0.2) is 48.7 Å². The number of benzene rings is 1. The topological polar surface area (TPSA) is 49.2 Å². The smallest absolute Gasteiger partial charge is 0.219 e. The summed E-state index contributed by atoms with van der Waals surface area (Å²) in [5.74, 6) is 1.41. The molecule has 4 nitrogen and oxygen atoms in total. The van der Waals surface area contributed by atoms with Crippen LogP contribution in [0.3, 0.4) is 0 Å². The van der Waals surface area contributed by atoms with Crippen LogP contribution in [-0.2, 0) is 6.54 Å². The van der Waals surface area contributed by atoms with Crippen molar-refractivity contribution in [3.63, 3.8) is 0 Å². The van der Waals surface area contributed by atoms with Gasteiger partial charge in [-0.05, 0) is 49.0 Å². The third kappa shape index (κ3) is 4.33. The van der Waals surface area contributed by atoms with Crippen molar-refractivity contribution in [2.24, 2.45) is 5.41 Å². The predicted molar refractivity (Wildman–Crippen MR) is 93.6 cm³/mol. The van der Waals surface area contributed by atoms with Crippen LogP contribution < -0.4 is 4.74 Å². The summed E-state index contributed by atoms with van der Waals surface area (Å²) >= 11 is 0. The first-order chi connectivity index (χ1) is 11.7. The second-order valence-electron chi connectivity index (χ2n) is 6.84. The number of likely N-dealkylation sites (tertiary alicyclic amines) is 1. The summed E-state index contributed by atoms with van der Waals surface area (Å²) in [5.41, 5.74) is 1.39. The SMILES string of the molecule is CC1(CC#N)CCN(Cc2ccc(Oc3ccccc3)nc2)CC1. The quantitative estimate of drug-likeness (QED) is 0.819. The van der Waals surface area contributed by atoms with Crippen molar-refractivity contribution in [3.05, 3.63) is 54.2 Å². The van der Waals surface area contributed by atoms with Crippen LogP contribution in [0.1, 0.15) is 31.7 Å². The second kappa shape index (κ2) is 7.46. The fourth-order valence-electron chi connectivity index (χ4n) is 3.05. The molecule has 24 heavy (non-hydrogen) atoms. The molecule has 2 aromatic rings. The molecule has 4 heteroatoms. The van der Waals surface area contributed by atoms with E-state index < -0.39 is 0 Å². The van der Waals surface area contributed by atoms with Crippen LogP contribution in [0.4, 0.5) is 0 Å². The minimum absolute atomic E-state index is 0.191. The summed E-state index contributed by atoms with van der Waals surface area (Å²) in [6.45, 7) is 5.22. The zero-order valence-electron chi connectivity index (χ0n) is 14.1. The van der Waals surface area contributed by atoms with E-state index in [0.29, 0.717) is 12.3 Å². The summed E-state index contributed by atoms with van der Waals surface area (Å²) in [4.78, 5) is 6.84. The van der Waals surface area contributed by atoms with Crippen LogP contribution in [0.2, 0.25) is 0 Å². The van der Waals surface area contributed by atoms with Gasteiger partial charge in [-0.15, -0.1) is 0 Å². The molecule has 124 valence electrons. The number of rotatable bonds is 5. The highest BCUT2D eigenvalue weighted by Gasteiger charge is 2.29. The average Bonchev–Trinajstić information content (AvgIpc) is 2.60. The van der Waals surface area contributed by atoms with E-state index >= 15 is 0 Å². The molecule has 1 fully saturated rings. The van der Waals surface area contributed by atoms with E-state index in [1.807, 2.05) is 42.6 Å². The van der Waals surface area contributed by atoms with Gasteiger partial charge in [0, 0.05) is 25.2 Å². The van der Waals surface area contributed by atoms with Gasteiger partial charge in [-0.25, -0.2) is 4.98 Å². The molecule has 0 unspecified atom stereocenters. The highest BCUT2D eigenvalue weighted by molar-refractivity contribution is 5.27. The van der Waals surface area contributed by atoms with E-state index in [2.05, 4.69) is 28.9 Å². The second-order valence-corrected chi connectivity index (χ2v) is 6.84. The van der Waals surface area contributed by atoms with Crippen LogP contribution in [0.5, 0.6) is 11.6 Å². The maximum absolute atomic E-state index is 8.93. The van der Waals surface area contributed by atoms with E-state index in [4.69, 9.17) is 10.00 Å². The Morgan fingerprint density at radius 3 is 2.54 bits per heavy atom. The molecule has 2 heterocycles. The number of ether oxygens (including phenoxy) is 1. The van der Waals surface area contributed by atoms with Gasteiger partial charge in [0.15, 0.2) is 0 Å². The molecule has 0 spiro atoms. The summed E-state index contributed by atoms with van der Waals surface area (Å²) in [6, 6.07) is 16.0. The Balaban J connectivity index is 1.53. The number of piperidine rings is 1. The van der Waals surface area contributed by atoms with Crippen LogP contribution in [0.25, 0.3) is 0 Å². The Hall–Kier alpha value is -2.38. The molecule has 1 aromatic heterocycles. The molecular formula is C20H23N3O. The lowest BCUT2D eigenvalue weighted by Gasteiger charge is -2.38. The summed E-state index contributed by atoms with van der Waals surface area (Å²) in [7, 11) is 0. The third-order valence-electron chi connectivity index (χ3n) is 4.74. The molecular weight excluding hydrogens is 298 g/mol. The predicted octanol–water partition coefficient (Wildman–Crippen LogP) is 4.39. The molecule has 1 saturated heterocycles. The van der Waals surface area contributed by atoms with Crippen molar-refractivity contribution in [1.82, 2.24) is 9.88 Å². The van der Waals surface area contributed by atoms with Crippen LogP contribution >= 0.6 is 0 Å². The first-order valence-electron chi connectivity index (χ1n) is 8.44. The number of hydrogen-bond donors (Lipinski definition) is 0. The van der Waals surface area contributed by atoms with Gasteiger partial charge in [-0.1, -0.05) is 31.2 Å². The molecule has 0 bridgehead atoms. The van der Waals surface area contributed by atoms with Gasteiger partial charge in [-0.3, -0.25) is 4.90 Å². The molecule has 0 saturated carbocycles. The number of nitriles is 1. The average molecular weight is 321 g/mol. The van der Waals surface area contributed by atoms with E-state index in [-0.39, 0.29) is 5.41 Å². The third-order valence-corrected chi connectivity index (χ3v) is 4.74. The zero-order chi connectivity index (χ0) is 16.8. The number of nitrogens with zero attached hydrogens (tertiary/aromatic N) is 3. The molecule has 0 amide bonds. The summed E-state index contributed by atoms with van der Waals surface area (Å²) in [6.07, 6.45) is 4.72. The van der Waals surface area contributed by atoms with Crippen LogP contribution in [0, 0.1) is 16.7 Å². The van der Waals surface area contributed by atoms with Crippen molar-refractivity contribution in [3.8, 4) is 17.7 Å². The van der Waals surface area contributed by atoms with E-state index in [1.54, 1.807) is 0 Å². The van der Waals surface area contributed by atoms with Gasteiger partial charge >= 0.3 is 0 Å². The highest BCUT2D eigenvalue weighted by atomic mass is 16.5. The molecule has 0 N–H and O–H groups in total. The Kier molecular flexibility index (Phi) is 5.12. The Morgan fingerprint density at radius 1 is 1.17 bits per heavy atom. The summed E-state index contributed by atoms with van der Waals surface area (Å²) < 4.78 is 5.72. The van der Waals surface area contributed by atoms with Gasteiger partial charge in [-0.2, -0.15) is 5.26 Å². The fraction of sp³-hybridized carbons (Fsp3) is 0.400. The number of para-hydroxylation sites is 1. The normalized spacial score (nSPS) is 17.2. The number of aromatic nitrogens is 1. The van der Waals surface area contributed by atoms with Gasteiger partial charge in [0.2, 0.25) is 5.88 Å². The molecule has 0 radical (unpaired) electrons. The maximum atomic E-state index is 8.93. The molecule has 1 aromatic carbocycles. The molecule has 0 aliphatic carbocycles. The van der Waals surface area contributed by atoms with E-state index in [9.17, 15) is 0 Å². The van der Waals surface area contributed by atoms with Crippen molar-refractivity contribution < 1.29 is 4.74 Å². The van der Waals surface area contributed by atoms with Crippen molar-refractivity contribution in [2.75, 3.05) is 13.1 Å². The monoisotopic (exact) mass is 321 g/mol. The van der Waals surface area contributed by atoms with Crippen molar-refractivity contribution in [1.29, 1.82) is 5.26 Å². The summed E-state index contributed by atoms with van der Waals surface area (Å²) in [5, 5.41) is 8.93. The van der Waals surface area contributed by atoms with Gasteiger partial charge in [0.05, 0.1) is 6.07 Å². The first kappa shape index (κ1) is 16.5. The molecule has 3 rings (SSSR count). The van der Waals surface area contributed by atoms with E-state index in [0.717, 1.165) is 38.2 Å². The Labute approximate surface area is 143 Å². The standard InChI is InChI=1S/C20H23N3O/c1-20(9-12-21)10-13-23(14-11-20)16-17-7-8-19(22-15-17)24-18-5-3-2-4-6-18/h2-8,15H,9-11,13-14,16H2,1H3. The van der Waals surface area contributed by atoms with Crippen molar-refractivity contribution >= 4 is 0 Å². The lowest BCUT2D eigenvalue weighted by molar-refractivity contribution is 0.116. The Bertz CT molecular complexity index is 683. The lowest BCUT2D eigenvalue weighted by atomic mass is 9.78. The number of hydrogen-bond acceptors (Lipinski definition) is 4. The largest absolute Gasteiger partial charge is 0.439 e. The molecule has 1 aliphatic heterocycles. The Morgan fingerprint density at radius 2 is 1.92 bits per heavy atom. The maximum Gasteiger partial charge on any atom is 0.219 e. The lowest BCUT2D eigenvalue weighted by Crippen LogP contribution is -2.38. The van der Waals surface area contributed by atoms with Crippen LogP contribution in [-0.4, -0.2) is 23.0 Å². The zero-order valence-corrected chi connectivity index (χ0v) is 14.1. The van der Waals surface area contributed by atoms with Gasteiger partial charge in [0.25, 0.3) is 0 Å². The van der Waals surface area contributed by atoms with Gasteiger partial charge in [0.1, 0.15) is 5.75 Å². The van der Waals surface area contributed by atoms with Crippen molar-refractivity contribution in [2.45, 2.75) is 32.7 Å². The fourth-order valence-corrected chi connectivity index (χ4v) is 3.05. The first-order valence-corrected chi connectivity index (χ1v) is 8.44.